The first-order chi connectivity index (χ1) is 29.8. The Hall–Kier alpha value is -7.74. The van der Waals surface area contributed by atoms with Crippen molar-refractivity contribution in [2.75, 3.05) is 4.90 Å². The third-order valence-electron chi connectivity index (χ3n) is 12.9. The molecule has 0 saturated heterocycles. The molecule has 2 aliphatic carbocycles. The molecule has 0 aliphatic heterocycles. The molecular formula is C59H39N. The Balaban J connectivity index is 1.10. The largest absolute Gasteiger partial charge is 0.310 e. The Morgan fingerprint density at radius 2 is 0.667 bits per heavy atom. The molecule has 0 radical (unpaired) electrons. The van der Waals surface area contributed by atoms with Crippen LogP contribution in [0.2, 0.25) is 0 Å². The predicted octanol–water partition coefficient (Wildman–Crippen LogP) is 15.7. The van der Waals surface area contributed by atoms with Crippen molar-refractivity contribution in [2.24, 2.45) is 0 Å². The number of hydrogen-bond acceptors (Lipinski definition) is 1. The molecule has 10 aromatic carbocycles. The van der Waals surface area contributed by atoms with Crippen LogP contribution < -0.4 is 4.90 Å². The molecule has 280 valence electrons. The van der Waals surface area contributed by atoms with E-state index in [1.54, 1.807) is 0 Å². The van der Waals surface area contributed by atoms with E-state index in [2.05, 4.69) is 241 Å². The van der Waals surface area contributed by atoms with Crippen LogP contribution in [0.4, 0.5) is 17.1 Å². The zero-order valence-corrected chi connectivity index (χ0v) is 33.0. The van der Waals surface area contributed by atoms with E-state index in [1.807, 2.05) is 0 Å². The van der Waals surface area contributed by atoms with Gasteiger partial charge in [-0.05, 0) is 113 Å². The molecule has 1 heteroatoms. The van der Waals surface area contributed by atoms with Gasteiger partial charge in [-0.15, -0.1) is 0 Å². The molecule has 0 atom stereocenters. The highest BCUT2D eigenvalue weighted by Crippen LogP contribution is 2.63. The first-order valence-electron chi connectivity index (χ1n) is 20.8. The van der Waals surface area contributed by atoms with Crippen molar-refractivity contribution in [3.05, 3.63) is 259 Å². The molecule has 10 aromatic rings. The number of fused-ring (bicyclic) bond motifs is 11. The lowest BCUT2D eigenvalue weighted by molar-refractivity contribution is 0.793. The molecule has 0 unspecified atom stereocenters. The van der Waals surface area contributed by atoms with E-state index < -0.39 is 5.41 Å². The quantitative estimate of drug-likeness (QED) is 0.163. The summed E-state index contributed by atoms with van der Waals surface area (Å²) in [4.78, 5) is 2.48. The highest BCUT2D eigenvalue weighted by atomic mass is 15.1. The van der Waals surface area contributed by atoms with Crippen molar-refractivity contribution >= 4 is 27.8 Å². The van der Waals surface area contributed by atoms with Gasteiger partial charge in [0, 0.05) is 16.9 Å². The molecule has 0 aromatic heterocycles. The Morgan fingerprint density at radius 1 is 0.250 bits per heavy atom. The van der Waals surface area contributed by atoms with E-state index in [-0.39, 0.29) is 0 Å². The number of para-hydroxylation sites is 1. The van der Waals surface area contributed by atoms with Gasteiger partial charge in [0.15, 0.2) is 0 Å². The maximum atomic E-state index is 2.49. The third kappa shape index (κ3) is 5.06. The van der Waals surface area contributed by atoms with E-state index in [1.165, 1.54) is 88.7 Å². The lowest BCUT2D eigenvalue weighted by Crippen LogP contribution is -2.26. The van der Waals surface area contributed by atoms with Crippen molar-refractivity contribution < 1.29 is 0 Å². The highest BCUT2D eigenvalue weighted by molar-refractivity contribution is 6.05. The average molecular weight is 762 g/mol. The van der Waals surface area contributed by atoms with Gasteiger partial charge in [-0.2, -0.15) is 0 Å². The Bertz CT molecular complexity index is 3210. The molecule has 2 aliphatic rings. The standard InChI is InChI=1S/C59H39N/c1-3-18-40(19-4-1)45-36-37-46(49-26-8-7-25-48(45)49)42-22-17-23-43(38-42)60(58-33-16-12-24-47(58)41-20-5-2-6-21-41)44-34-35-53-52-29-11-15-32-56(52)59(57(53)39-44)54-30-13-9-27-50(54)51-28-10-14-31-55(51)59/h1-39H. The van der Waals surface area contributed by atoms with E-state index in [9.17, 15) is 0 Å². The predicted molar refractivity (Wildman–Crippen MR) is 251 cm³/mol. The van der Waals surface area contributed by atoms with Gasteiger partial charge < -0.3 is 4.90 Å². The summed E-state index contributed by atoms with van der Waals surface area (Å²) in [5.41, 5.74) is 20.7. The Kier molecular flexibility index (Phi) is 7.83. The minimum Gasteiger partial charge on any atom is -0.310 e. The average Bonchev–Trinajstić information content (AvgIpc) is 3.79. The molecule has 0 N–H and O–H groups in total. The fourth-order valence-electron chi connectivity index (χ4n) is 10.4. The molecule has 12 rings (SSSR count). The number of hydrogen-bond donors (Lipinski definition) is 0. The zero-order valence-electron chi connectivity index (χ0n) is 33.0. The molecule has 1 nitrogen and oxygen atoms in total. The number of benzene rings is 10. The summed E-state index contributed by atoms with van der Waals surface area (Å²) in [6.07, 6.45) is 0. The monoisotopic (exact) mass is 761 g/mol. The summed E-state index contributed by atoms with van der Waals surface area (Å²) in [5.74, 6) is 0. The minimum atomic E-state index is -0.443. The van der Waals surface area contributed by atoms with Crippen molar-refractivity contribution in [1.29, 1.82) is 0 Å². The van der Waals surface area contributed by atoms with Crippen LogP contribution in [-0.4, -0.2) is 0 Å². The van der Waals surface area contributed by atoms with E-state index in [0.717, 1.165) is 17.1 Å². The normalized spacial score (nSPS) is 12.8. The van der Waals surface area contributed by atoms with Gasteiger partial charge in [0.05, 0.1) is 11.1 Å². The van der Waals surface area contributed by atoms with Gasteiger partial charge in [-0.25, -0.2) is 0 Å². The molecule has 0 saturated carbocycles. The SMILES string of the molecule is c1ccc(-c2ccccc2N(c2cccc(-c3ccc(-c4ccccc4)c4ccccc34)c2)c2ccc3c(c2)C2(c4ccccc4-c4ccccc42)c2ccccc2-3)cc1. The first kappa shape index (κ1) is 34.3. The van der Waals surface area contributed by atoms with E-state index in [4.69, 9.17) is 0 Å². The Labute approximate surface area is 351 Å². The molecular weight excluding hydrogens is 723 g/mol. The molecule has 1 spiro atoms. The summed E-state index contributed by atoms with van der Waals surface area (Å²) in [6.45, 7) is 0. The van der Waals surface area contributed by atoms with Crippen molar-refractivity contribution in [3.63, 3.8) is 0 Å². The van der Waals surface area contributed by atoms with E-state index in [0.29, 0.717) is 0 Å². The third-order valence-corrected chi connectivity index (χ3v) is 12.9. The van der Waals surface area contributed by atoms with Crippen LogP contribution in [0.5, 0.6) is 0 Å². The number of anilines is 3. The van der Waals surface area contributed by atoms with Gasteiger partial charge in [-0.1, -0.05) is 206 Å². The summed E-state index contributed by atoms with van der Waals surface area (Å²) in [6, 6.07) is 87.3. The van der Waals surface area contributed by atoms with Crippen molar-refractivity contribution in [3.8, 4) is 55.6 Å². The summed E-state index contributed by atoms with van der Waals surface area (Å²) < 4.78 is 0. The topological polar surface area (TPSA) is 3.24 Å². The zero-order chi connectivity index (χ0) is 39.6. The van der Waals surface area contributed by atoms with Crippen LogP contribution in [-0.2, 0) is 5.41 Å². The second kappa shape index (κ2) is 13.7. The summed E-state index contributed by atoms with van der Waals surface area (Å²) >= 11 is 0. The van der Waals surface area contributed by atoms with Crippen LogP contribution in [0.3, 0.4) is 0 Å². The molecule has 0 amide bonds. The summed E-state index contributed by atoms with van der Waals surface area (Å²) in [5, 5.41) is 2.49. The molecule has 0 bridgehead atoms. The molecule has 0 heterocycles. The van der Waals surface area contributed by atoms with Gasteiger partial charge in [0.25, 0.3) is 0 Å². The maximum Gasteiger partial charge on any atom is 0.0726 e. The highest BCUT2D eigenvalue weighted by Gasteiger charge is 2.51. The number of nitrogens with zero attached hydrogens (tertiary/aromatic N) is 1. The van der Waals surface area contributed by atoms with Crippen LogP contribution in [0.1, 0.15) is 22.3 Å². The maximum absolute atomic E-state index is 2.49. The number of rotatable bonds is 6. The molecule has 0 fully saturated rings. The van der Waals surface area contributed by atoms with Gasteiger partial charge in [-0.3, -0.25) is 0 Å². The lowest BCUT2D eigenvalue weighted by Gasteiger charge is -2.33. The minimum absolute atomic E-state index is 0.443. The van der Waals surface area contributed by atoms with Crippen molar-refractivity contribution in [1.82, 2.24) is 0 Å². The fourth-order valence-corrected chi connectivity index (χ4v) is 10.4. The smallest absolute Gasteiger partial charge is 0.0726 e. The van der Waals surface area contributed by atoms with E-state index >= 15 is 0 Å². The Morgan fingerprint density at radius 3 is 1.27 bits per heavy atom. The lowest BCUT2D eigenvalue weighted by atomic mass is 9.70. The molecule has 60 heavy (non-hydrogen) atoms. The van der Waals surface area contributed by atoms with Gasteiger partial charge in [0.2, 0.25) is 0 Å². The summed E-state index contributed by atoms with van der Waals surface area (Å²) in [7, 11) is 0. The van der Waals surface area contributed by atoms with Crippen LogP contribution in [0.15, 0.2) is 237 Å². The van der Waals surface area contributed by atoms with Crippen LogP contribution in [0.25, 0.3) is 66.4 Å². The second-order valence-corrected chi connectivity index (χ2v) is 16.0. The van der Waals surface area contributed by atoms with Gasteiger partial charge >= 0.3 is 0 Å². The van der Waals surface area contributed by atoms with Crippen LogP contribution in [0, 0.1) is 0 Å². The van der Waals surface area contributed by atoms with Crippen LogP contribution >= 0.6 is 0 Å². The second-order valence-electron chi connectivity index (χ2n) is 16.0. The fraction of sp³-hybridized carbons (Fsp3) is 0.0169. The first-order valence-corrected chi connectivity index (χ1v) is 20.8. The van der Waals surface area contributed by atoms with Crippen molar-refractivity contribution in [2.45, 2.75) is 5.41 Å². The van der Waals surface area contributed by atoms with Gasteiger partial charge in [0.1, 0.15) is 0 Å².